The summed E-state index contributed by atoms with van der Waals surface area (Å²) in [7, 11) is 1.88. The Bertz CT molecular complexity index is 1240. The third kappa shape index (κ3) is 4.29. The molecule has 0 spiro atoms. The molecule has 4 aromatic heterocycles. The van der Waals surface area contributed by atoms with Crippen molar-refractivity contribution in [2.75, 3.05) is 6.54 Å². The number of hydrogen-bond donors (Lipinski definition) is 1. The van der Waals surface area contributed by atoms with Crippen LogP contribution in [0.3, 0.4) is 0 Å². The monoisotopic (exact) mass is 450 g/mol. The molecule has 1 aliphatic rings. The van der Waals surface area contributed by atoms with Crippen LogP contribution in [-0.4, -0.2) is 37.4 Å². The molecule has 4 aromatic rings. The molecule has 9 heteroatoms. The van der Waals surface area contributed by atoms with Gasteiger partial charge in [0.15, 0.2) is 5.65 Å². The number of aromatic nitrogens is 5. The molecule has 0 atom stereocenters. The van der Waals surface area contributed by atoms with E-state index in [9.17, 15) is 4.79 Å². The van der Waals surface area contributed by atoms with Crippen LogP contribution in [0.2, 0.25) is 0 Å². The van der Waals surface area contributed by atoms with E-state index in [4.69, 9.17) is 9.51 Å². The maximum Gasteiger partial charge on any atom is 0.252 e. The van der Waals surface area contributed by atoms with Crippen LogP contribution >= 0.6 is 11.3 Å². The van der Waals surface area contributed by atoms with E-state index >= 15 is 0 Å². The van der Waals surface area contributed by atoms with Gasteiger partial charge in [0, 0.05) is 31.6 Å². The molecule has 4 heterocycles. The summed E-state index contributed by atoms with van der Waals surface area (Å²) in [5, 5.41) is 14.5. The number of rotatable bonds is 9. The first-order chi connectivity index (χ1) is 15.6. The standard InChI is InChI=1S/C23H26N6O2S/c1-14-20-16(13-17(15-9-10-15)25-22(20)29(2)27-14)23(30)24-11-5-3-4-8-19-26-21(28-31-19)18-7-6-12-32-18/h6-7,12-13,15H,3-5,8-11H2,1-2H3,(H,24,30). The Morgan fingerprint density at radius 3 is 2.94 bits per heavy atom. The van der Waals surface area contributed by atoms with Gasteiger partial charge in [-0.1, -0.05) is 17.6 Å². The van der Waals surface area contributed by atoms with Crippen LogP contribution in [0.5, 0.6) is 0 Å². The highest BCUT2D eigenvalue weighted by atomic mass is 32.1. The first-order valence-electron chi connectivity index (χ1n) is 11.1. The number of carbonyl (C=O) groups excluding carboxylic acids is 1. The van der Waals surface area contributed by atoms with Gasteiger partial charge in [0.05, 0.1) is 21.5 Å². The molecule has 0 aliphatic heterocycles. The fourth-order valence-corrected chi connectivity index (χ4v) is 4.62. The van der Waals surface area contributed by atoms with Crippen LogP contribution in [0, 0.1) is 6.92 Å². The van der Waals surface area contributed by atoms with Crippen molar-refractivity contribution in [2.24, 2.45) is 7.05 Å². The van der Waals surface area contributed by atoms with Gasteiger partial charge in [0.25, 0.3) is 5.91 Å². The summed E-state index contributed by atoms with van der Waals surface area (Å²) in [4.78, 5) is 23.2. The smallest absolute Gasteiger partial charge is 0.252 e. The SMILES string of the molecule is Cc1nn(C)c2nc(C3CC3)cc(C(=O)NCCCCCc3nc(-c4cccs4)no3)c12. The van der Waals surface area contributed by atoms with E-state index in [1.165, 1.54) is 0 Å². The third-order valence-electron chi connectivity index (χ3n) is 5.79. The predicted octanol–water partition coefficient (Wildman–Crippen LogP) is 4.41. The van der Waals surface area contributed by atoms with Crippen LogP contribution in [-0.2, 0) is 13.5 Å². The number of nitrogens with one attached hydrogen (secondary N) is 1. The molecule has 1 saturated carbocycles. The lowest BCUT2D eigenvalue weighted by molar-refractivity contribution is 0.0954. The lowest BCUT2D eigenvalue weighted by atomic mass is 10.1. The molecule has 32 heavy (non-hydrogen) atoms. The van der Waals surface area contributed by atoms with Gasteiger partial charge < -0.3 is 9.84 Å². The minimum Gasteiger partial charge on any atom is -0.352 e. The van der Waals surface area contributed by atoms with Gasteiger partial charge in [0.1, 0.15) is 0 Å². The van der Waals surface area contributed by atoms with E-state index in [0.717, 1.165) is 65.8 Å². The lowest BCUT2D eigenvalue weighted by Crippen LogP contribution is -2.25. The summed E-state index contributed by atoms with van der Waals surface area (Å²) in [6.45, 7) is 2.56. The first kappa shape index (κ1) is 20.8. The second kappa shape index (κ2) is 8.82. The second-order valence-electron chi connectivity index (χ2n) is 8.33. The number of unbranched alkanes of at least 4 members (excludes halogenated alkanes) is 2. The van der Waals surface area contributed by atoms with Gasteiger partial charge in [-0.15, -0.1) is 11.3 Å². The largest absolute Gasteiger partial charge is 0.352 e. The van der Waals surface area contributed by atoms with Crippen molar-refractivity contribution in [3.63, 3.8) is 0 Å². The number of aryl methyl sites for hydroxylation is 3. The molecule has 0 saturated heterocycles. The molecule has 0 aromatic carbocycles. The van der Waals surface area contributed by atoms with Crippen molar-refractivity contribution in [1.82, 2.24) is 30.2 Å². The Kier molecular flexibility index (Phi) is 5.73. The number of amides is 1. The molecular weight excluding hydrogens is 424 g/mol. The van der Waals surface area contributed by atoms with E-state index in [2.05, 4.69) is 20.6 Å². The van der Waals surface area contributed by atoms with Gasteiger partial charge in [-0.05, 0) is 50.1 Å². The Hall–Kier alpha value is -3.07. The molecule has 5 rings (SSSR count). The van der Waals surface area contributed by atoms with Crippen molar-refractivity contribution < 1.29 is 9.32 Å². The van der Waals surface area contributed by atoms with Crippen LogP contribution in [0.1, 0.15) is 65.7 Å². The highest BCUT2D eigenvalue weighted by Crippen LogP contribution is 2.40. The summed E-state index contributed by atoms with van der Waals surface area (Å²) in [5.74, 6) is 1.75. The second-order valence-corrected chi connectivity index (χ2v) is 9.28. The van der Waals surface area contributed by atoms with Crippen molar-refractivity contribution >= 4 is 28.3 Å². The minimum atomic E-state index is -0.0482. The average Bonchev–Trinajstić information content (AvgIpc) is 3.17. The molecule has 1 amide bonds. The van der Waals surface area contributed by atoms with Gasteiger partial charge in [-0.25, -0.2) is 4.98 Å². The Morgan fingerprint density at radius 1 is 1.28 bits per heavy atom. The molecule has 1 N–H and O–H groups in total. The molecule has 1 fully saturated rings. The van der Waals surface area contributed by atoms with Crippen LogP contribution in [0.4, 0.5) is 0 Å². The van der Waals surface area contributed by atoms with E-state index in [-0.39, 0.29) is 5.91 Å². The zero-order valence-electron chi connectivity index (χ0n) is 18.3. The van der Waals surface area contributed by atoms with Crippen LogP contribution in [0.25, 0.3) is 21.7 Å². The first-order valence-corrected chi connectivity index (χ1v) is 12.0. The Labute approximate surface area is 190 Å². The summed E-state index contributed by atoms with van der Waals surface area (Å²) in [5.41, 5.74) is 3.32. The predicted molar refractivity (Wildman–Crippen MR) is 123 cm³/mol. The maximum atomic E-state index is 13.0. The summed E-state index contributed by atoms with van der Waals surface area (Å²) >= 11 is 1.60. The van der Waals surface area contributed by atoms with E-state index in [1.807, 2.05) is 37.6 Å². The van der Waals surface area contributed by atoms with E-state index in [1.54, 1.807) is 16.0 Å². The Balaban J connectivity index is 1.13. The number of fused-ring (bicyclic) bond motifs is 1. The summed E-state index contributed by atoms with van der Waals surface area (Å²) in [6.07, 6.45) is 5.85. The molecule has 0 unspecified atom stereocenters. The highest BCUT2D eigenvalue weighted by Gasteiger charge is 2.28. The lowest BCUT2D eigenvalue weighted by Gasteiger charge is -2.09. The van der Waals surface area contributed by atoms with Gasteiger partial charge in [-0.3, -0.25) is 9.48 Å². The molecule has 8 nitrogen and oxygen atoms in total. The zero-order chi connectivity index (χ0) is 22.1. The molecule has 0 bridgehead atoms. The molecule has 0 radical (unpaired) electrons. The number of thiophene rings is 1. The zero-order valence-corrected chi connectivity index (χ0v) is 19.1. The highest BCUT2D eigenvalue weighted by molar-refractivity contribution is 7.13. The topological polar surface area (TPSA) is 98.7 Å². The van der Waals surface area contributed by atoms with Crippen molar-refractivity contribution in [3.05, 3.63) is 46.4 Å². The quantitative estimate of drug-likeness (QED) is 0.379. The fourth-order valence-electron chi connectivity index (χ4n) is 3.97. The van der Waals surface area contributed by atoms with Gasteiger partial charge in [-0.2, -0.15) is 10.1 Å². The third-order valence-corrected chi connectivity index (χ3v) is 6.66. The number of carbonyl (C=O) groups is 1. The normalized spacial score (nSPS) is 13.7. The van der Waals surface area contributed by atoms with Crippen molar-refractivity contribution in [3.8, 4) is 10.7 Å². The van der Waals surface area contributed by atoms with Gasteiger partial charge in [0.2, 0.25) is 11.7 Å². The van der Waals surface area contributed by atoms with E-state index < -0.39 is 0 Å². The maximum absolute atomic E-state index is 13.0. The number of pyridine rings is 1. The van der Waals surface area contributed by atoms with Crippen molar-refractivity contribution in [2.45, 2.75) is 51.4 Å². The Morgan fingerprint density at radius 2 is 2.16 bits per heavy atom. The summed E-state index contributed by atoms with van der Waals surface area (Å²) < 4.78 is 7.12. The van der Waals surface area contributed by atoms with E-state index in [0.29, 0.717) is 29.7 Å². The van der Waals surface area contributed by atoms with Gasteiger partial charge >= 0.3 is 0 Å². The molecule has 166 valence electrons. The van der Waals surface area contributed by atoms with Crippen LogP contribution < -0.4 is 5.32 Å². The number of nitrogens with zero attached hydrogens (tertiary/aromatic N) is 5. The van der Waals surface area contributed by atoms with Crippen molar-refractivity contribution in [1.29, 1.82) is 0 Å². The number of hydrogen-bond acceptors (Lipinski definition) is 7. The minimum absolute atomic E-state index is 0.0482. The molecular formula is C23H26N6O2S. The summed E-state index contributed by atoms with van der Waals surface area (Å²) in [6, 6.07) is 5.92. The molecule has 1 aliphatic carbocycles. The van der Waals surface area contributed by atoms with Crippen LogP contribution in [0.15, 0.2) is 28.1 Å². The fraction of sp³-hybridized carbons (Fsp3) is 0.435. The average molecular weight is 451 g/mol.